The third kappa shape index (κ3) is 3.58. The van der Waals surface area contributed by atoms with E-state index in [0.717, 1.165) is 5.56 Å². The molecule has 1 N–H and O–H groups in total. The molecule has 1 heterocycles. The van der Waals surface area contributed by atoms with Gasteiger partial charge in [0.25, 0.3) is 0 Å². The van der Waals surface area contributed by atoms with E-state index < -0.39 is 0 Å². The second-order valence-electron chi connectivity index (χ2n) is 5.90. The second kappa shape index (κ2) is 5.54. The molecule has 2 rings (SSSR count). The van der Waals surface area contributed by atoms with Crippen LogP contribution in [0.2, 0.25) is 5.02 Å². The average molecular weight is 296 g/mol. The summed E-state index contributed by atoms with van der Waals surface area (Å²) in [5, 5.41) is 8.04. The highest BCUT2D eigenvalue weighted by atomic mass is 35.5. The SMILES string of the molecule is Cc1nn(-c2ccc(CNC(C)(C)C)cc2F)cc1Cl. The van der Waals surface area contributed by atoms with Crippen LogP contribution in [-0.2, 0) is 6.54 Å². The van der Waals surface area contributed by atoms with Gasteiger partial charge in [-0.2, -0.15) is 5.10 Å². The van der Waals surface area contributed by atoms with Gasteiger partial charge in [0.15, 0.2) is 0 Å². The lowest BCUT2D eigenvalue weighted by Gasteiger charge is -2.20. The first kappa shape index (κ1) is 15.0. The number of aryl methyl sites for hydroxylation is 1. The second-order valence-corrected chi connectivity index (χ2v) is 6.30. The molecule has 0 aliphatic carbocycles. The van der Waals surface area contributed by atoms with E-state index in [2.05, 4.69) is 31.2 Å². The molecule has 0 spiro atoms. The van der Waals surface area contributed by atoms with Gasteiger partial charge in [0, 0.05) is 18.3 Å². The maximum absolute atomic E-state index is 14.2. The minimum absolute atomic E-state index is 0.00175. The van der Waals surface area contributed by atoms with Crippen LogP contribution >= 0.6 is 11.6 Å². The Balaban J connectivity index is 2.22. The summed E-state index contributed by atoms with van der Waals surface area (Å²) in [6.07, 6.45) is 1.61. The topological polar surface area (TPSA) is 29.9 Å². The molecule has 0 amide bonds. The zero-order chi connectivity index (χ0) is 14.9. The van der Waals surface area contributed by atoms with Crippen molar-refractivity contribution in [2.24, 2.45) is 0 Å². The minimum atomic E-state index is -0.308. The summed E-state index contributed by atoms with van der Waals surface area (Å²) in [7, 11) is 0. The van der Waals surface area contributed by atoms with E-state index in [-0.39, 0.29) is 11.4 Å². The molecular weight excluding hydrogens is 277 g/mol. The van der Waals surface area contributed by atoms with Crippen molar-refractivity contribution in [1.29, 1.82) is 0 Å². The van der Waals surface area contributed by atoms with Crippen molar-refractivity contribution >= 4 is 11.6 Å². The number of rotatable bonds is 3. The smallest absolute Gasteiger partial charge is 0.149 e. The summed E-state index contributed by atoms with van der Waals surface area (Å²) in [4.78, 5) is 0. The van der Waals surface area contributed by atoms with Gasteiger partial charge in [-0.15, -0.1) is 0 Å². The zero-order valence-electron chi connectivity index (χ0n) is 12.2. The molecule has 1 aromatic carbocycles. The number of nitrogens with one attached hydrogen (secondary N) is 1. The van der Waals surface area contributed by atoms with Crippen molar-refractivity contribution in [3.8, 4) is 5.69 Å². The van der Waals surface area contributed by atoms with Crippen LogP contribution in [-0.4, -0.2) is 15.3 Å². The van der Waals surface area contributed by atoms with Gasteiger partial charge in [0.1, 0.15) is 11.5 Å². The Morgan fingerprint density at radius 3 is 2.55 bits per heavy atom. The Kier molecular flexibility index (Phi) is 4.16. The van der Waals surface area contributed by atoms with Gasteiger partial charge in [-0.3, -0.25) is 0 Å². The summed E-state index contributed by atoms with van der Waals surface area (Å²) in [5.74, 6) is -0.308. The molecule has 0 aliphatic rings. The Hall–Kier alpha value is -1.39. The lowest BCUT2D eigenvalue weighted by molar-refractivity contribution is 0.423. The van der Waals surface area contributed by atoms with Crippen LogP contribution < -0.4 is 5.32 Å². The molecule has 0 saturated heterocycles. The summed E-state index contributed by atoms with van der Waals surface area (Å²) in [5.41, 5.74) is 1.99. The largest absolute Gasteiger partial charge is 0.308 e. The van der Waals surface area contributed by atoms with Crippen molar-refractivity contribution in [3.63, 3.8) is 0 Å². The molecule has 20 heavy (non-hydrogen) atoms. The van der Waals surface area contributed by atoms with E-state index in [0.29, 0.717) is 22.9 Å². The molecule has 0 fully saturated rings. The van der Waals surface area contributed by atoms with E-state index in [1.807, 2.05) is 6.07 Å². The molecule has 0 radical (unpaired) electrons. The van der Waals surface area contributed by atoms with Crippen LogP contribution in [0.1, 0.15) is 32.0 Å². The quantitative estimate of drug-likeness (QED) is 0.932. The molecule has 5 heteroatoms. The predicted octanol–water partition coefficient (Wildman–Crippen LogP) is 3.86. The lowest BCUT2D eigenvalue weighted by Crippen LogP contribution is -2.35. The lowest BCUT2D eigenvalue weighted by atomic mass is 10.1. The fraction of sp³-hybridized carbons (Fsp3) is 0.400. The Labute approximate surface area is 123 Å². The van der Waals surface area contributed by atoms with Crippen molar-refractivity contribution in [2.75, 3.05) is 0 Å². The van der Waals surface area contributed by atoms with Gasteiger partial charge in [-0.1, -0.05) is 17.7 Å². The van der Waals surface area contributed by atoms with Crippen LogP contribution in [0, 0.1) is 12.7 Å². The first-order valence-electron chi connectivity index (χ1n) is 6.52. The molecule has 0 aliphatic heterocycles. The normalized spacial score (nSPS) is 11.9. The van der Waals surface area contributed by atoms with Crippen LogP contribution in [0.15, 0.2) is 24.4 Å². The fourth-order valence-corrected chi connectivity index (χ4v) is 1.91. The number of hydrogen-bond donors (Lipinski definition) is 1. The maximum Gasteiger partial charge on any atom is 0.149 e. The van der Waals surface area contributed by atoms with Gasteiger partial charge in [-0.05, 0) is 45.4 Å². The average Bonchev–Trinajstić information content (AvgIpc) is 2.66. The van der Waals surface area contributed by atoms with Crippen LogP contribution in [0.3, 0.4) is 0 Å². The Morgan fingerprint density at radius 1 is 1.35 bits per heavy atom. The van der Waals surface area contributed by atoms with E-state index in [1.165, 1.54) is 10.7 Å². The standard InChI is InChI=1S/C15H19ClFN3/c1-10-12(16)9-20(19-10)14-6-5-11(7-13(14)17)8-18-15(2,3)4/h5-7,9,18H,8H2,1-4H3. The molecule has 0 unspecified atom stereocenters. The fourth-order valence-electron chi connectivity index (χ4n) is 1.78. The number of nitrogens with zero attached hydrogens (tertiary/aromatic N) is 2. The van der Waals surface area contributed by atoms with E-state index in [9.17, 15) is 4.39 Å². The molecule has 0 saturated carbocycles. The monoisotopic (exact) mass is 295 g/mol. The van der Waals surface area contributed by atoms with E-state index >= 15 is 0 Å². The maximum atomic E-state index is 14.2. The molecule has 3 nitrogen and oxygen atoms in total. The Morgan fingerprint density at radius 2 is 2.05 bits per heavy atom. The summed E-state index contributed by atoms with van der Waals surface area (Å²) < 4.78 is 15.6. The zero-order valence-corrected chi connectivity index (χ0v) is 12.9. The predicted molar refractivity (Wildman–Crippen MR) is 79.9 cm³/mol. The van der Waals surface area contributed by atoms with Crippen LogP contribution in [0.25, 0.3) is 5.69 Å². The van der Waals surface area contributed by atoms with Gasteiger partial charge in [0.2, 0.25) is 0 Å². The third-order valence-corrected chi connectivity index (χ3v) is 3.29. The first-order chi connectivity index (χ1) is 9.26. The number of benzene rings is 1. The molecule has 0 atom stereocenters. The number of halogens is 2. The van der Waals surface area contributed by atoms with Gasteiger partial charge in [-0.25, -0.2) is 9.07 Å². The molecular formula is C15H19ClFN3. The minimum Gasteiger partial charge on any atom is -0.308 e. The summed E-state index contributed by atoms with van der Waals surface area (Å²) in [6.45, 7) is 8.64. The van der Waals surface area contributed by atoms with E-state index in [4.69, 9.17) is 11.6 Å². The first-order valence-corrected chi connectivity index (χ1v) is 6.90. The summed E-state index contributed by atoms with van der Waals surface area (Å²) in [6, 6.07) is 5.14. The van der Waals surface area contributed by atoms with Crippen molar-refractivity contribution in [3.05, 3.63) is 46.5 Å². The molecule has 1 aromatic heterocycles. The van der Waals surface area contributed by atoms with Crippen molar-refractivity contribution in [2.45, 2.75) is 39.8 Å². The van der Waals surface area contributed by atoms with Crippen LogP contribution in [0.4, 0.5) is 4.39 Å². The highest BCUT2D eigenvalue weighted by Crippen LogP contribution is 2.19. The molecule has 2 aromatic rings. The highest BCUT2D eigenvalue weighted by molar-refractivity contribution is 6.31. The molecule has 0 bridgehead atoms. The van der Waals surface area contributed by atoms with Crippen molar-refractivity contribution < 1.29 is 4.39 Å². The van der Waals surface area contributed by atoms with Crippen molar-refractivity contribution in [1.82, 2.24) is 15.1 Å². The van der Waals surface area contributed by atoms with Crippen LogP contribution in [0.5, 0.6) is 0 Å². The van der Waals surface area contributed by atoms with E-state index in [1.54, 1.807) is 19.2 Å². The number of hydrogen-bond acceptors (Lipinski definition) is 2. The molecule has 108 valence electrons. The van der Waals surface area contributed by atoms with Gasteiger partial charge >= 0.3 is 0 Å². The summed E-state index contributed by atoms with van der Waals surface area (Å²) >= 11 is 5.95. The Bertz CT molecular complexity index is 595. The van der Waals surface area contributed by atoms with Gasteiger partial charge in [0.05, 0.1) is 10.7 Å². The third-order valence-electron chi connectivity index (χ3n) is 2.92. The number of aromatic nitrogens is 2. The van der Waals surface area contributed by atoms with Gasteiger partial charge < -0.3 is 5.32 Å². The highest BCUT2D eigenvalue weighted by Gasteiger charge is 2.12.